The lowest BCUT2D eigenvalue weighted by Crippen LogP contribution is -2.62. The third-order valence-corrected chi connectivity index (χ3v) is 5.93. The van der Waals surface area contributed by atoms with Gasteiger partial charge in [0.25, 0.3) is 0 Å². The first-order valence-corrected chi connectivity index (χ1v) is 10.6. The number of imidazole rings is 1. The van der Waals surface area contributed by atoms with E-state index in [2.05, 4.69) is 39.8 Å². The van der Waals surface area contributed by atoms with Crippen molar-refractivity contribution in [3.63, 3.8) is 0 Å². The van der Waals surface area contributed by atoms with E-state index < -0.39 is 5.54 Å². The van der Waals surface area contributed by atoms with Crippen LogP contribution in [0.15, 0.2) is 29.1 Å². The number of likely N-dealkylation sites (tertiary alicyclic amines) is 1. The van der Waals surface area contributed by atoms with Gasteiger partial charge >= 0.3 is 6.03 Å². The number of hydrogen-bond donors (Lipinski definition) is 4. The fraction of sp³-hybridized carbons (Fsp3) is 0.571. The molecule has 4 heterocycles. The van der Waals surface area contributed by atoms with Crippen LogP contribution in [0.1, 0.15) is 43.8 Å². The zero-order valence-corrected chi connectivity index (χ0v) is 17.5. The van der Waals surface area contributed by atoms with Crippen LogP contribution in [-0.4, -0.2) is 52.5 Å². The molecular formula is C21H30N6O3. The molecule has 4 N–H and O–H groups in total. The molecule has 0 radical (unpaired) electrons. The van der Waals surface area contributed by atoms with Crippen LogP contribution in [0.4, 0.5) is 4.79 Å². The van der Waals surface area contributed by atoms with Crippen molar-refractivity contribution in [2.24, 2.45) is 5.92 Å². The van der Waals surface area contributed by atoms with Gasteiger partial charge in [-0.2, -0.15) is 0 Å². The highest BCUT2D eigenvalue weighted by atomic mass is 16.3. The summed E-state index contributed by atoms with van der Waals surface area (Å²) in [4.78, 5) is 34.9. The normalized spacial score (nSPS) is 20.2. The zero-order chi connectivity index (χ0) is 21.1. The summed E-state index contributed by atoms with van der Waals surface area (Å²) >= 11 is 0. The number of aromatic amines is 1. The number of fused-ring (bicyclic) bond motifs is 2. The minimum Gasteiger partial charge on any atom is -0.467 e. The molecule has 9 nitrogen and oxygen atoms in total. The molecule has 0 saturated carbocycles. The highest BCUT2D eigenvalue weighted by Gasteiger charge is 2.46. The molecule has 0 aliphatic carbocycles. The van der Waals surface area contributed by atoms with Gasteiger partial charge < -0.3 is 24.9 Å². The average molecular weight is 415 g/mol. The van der Waals surface area contributed by atoms with Crippen molar-refractivity contribution in [2.75, 3.05) is 19.6 Å². The van der Waals surface area contributed by atoms with Crippen LogP contribution < -0.4 is 16.0 Å². The summed E-state index contributed by atoms with van der Waals surface area (Å²) in [5.74, 6) is 1.14. The van der Waals surface area contributed by atoms with Gasteiger partial charge in [-0.25, -0.2) is 9.78 Å². The first-order chi connectivity index (χ1) is 14.5. The number of nitrogens with zero attached hydrogens (tertiary/aromatic N) is 2. The second-order valence-corrected chi connectivity index (χ2v) is 8.58. The number of rotatable bonds is 5. The summed E-state index contributed by atoms with van der Waals surface area (Å²) in [6.45, 7) is 6.36. The van der Waals surface area contributed by atoms with Crippen molar-refractivity contribution in [1.29, 1.82) is 0 Å². The SMILES string of the molecule is CC(C)CNC(=O)[C@@H]1Cc2[nH]cnc2C2(CCN(C(=O)NCc3ccco3)CC2)N1. The Labute approximate surface area is 176 Å². The summed E-state index contributed by atoms with van der Waals surface area (Å²) in [5, 5.41) is 9.52. The number of carbonyl (C=O) groups is 2. The van der Waals surface area contributed by atoms with E-state index in [9.17, 15) is 9.59 Å². The van der Waals surface area contributed by atoms with Crippen molar-refractivity contribution in [1.82, 2.24) is 30.8 Å². The van der Waals surface area contributed by atoms with Crippen molar-refractivity contribution < 1.29 is 14.0 Å². The molecule has 1 saturated heterocycles. The first-order valence-electron chi connectivity index (χ1n) is 10.6. The summed E-state index contributed by atoms with van der Waals surface area (Å²) in [6, 6.07) is 3.22. The second-order valence-electron chi connectivity index (χ2n) is 8.58. The molecule has 0 bridgehead atoms. The molecule has 0 unspecified atom stereocenters. The van der Waals surface area contributed by atoms with Gasteiger partial charge in [0.1, 0.15) is 5.76 Å². The number of amides is 3. The minimum absolute atomic E-state index is 0.0157. The van der Waals surface area contributed by atoms with Gasteiger partial charge in [0, 0.05) is 31.7 Å². The molecule has 2 aromatic rings. The maximum atomic E-state index is 12.7. The van der Waals surface area contributed by atoms with Crippen LogP contribution in [0.25, 0.3) is 0 Å². The number of nitrogens with one attached hydrogen (secondary N) is 4. The number of furan rings is 1. The zero-order valence-electron chi connectivity index (χ0n) is 17.5. The van der Waals surface area contributed by atoms with Gasteiger partial charge in [0.2, 0.25) is 5.91 Å². The molecule has 0 aromatic carbocycles. The number of piperidine rings is 1. The topological polar surface area (TPSA) is 115 Å². The van der Waals surface area contributed by atoms with Crippen molar-refractivity contribution in [3.05, 3.63) is 41.9 Å². The van der Waals surface area contributed by atoms with Gasteiger partial charge in [0.15, 0.2) is 0 Å². The Balaban J connectivity index is 1.40. The number of carbonyl (C=O) groups excluding carboxylic acids is 2. The van der Waals surface area contributed by atoms with E-state index in [0.717, 1.165) is 17.1 Å². The molecule has 1 fully saturated rings. The molecular weight excluding hydrogens is 384 g/mol. The lowest BCUT2D eigenvalue weighted by atomic mass is 9.78. The maximum Gasteiger partial charge on any atom is 0.317 e. The number of urea groups is 1. The van der Waals surface area contributed by atoms with Crippen LogP contribution in [0.3, 0.4) is 0 Å². The van der Waals surface area contributed by atoms with Gasteiger partial charge in [-0.1, -0.05) is 13.8 Å². The largest absolute Gasteiger partial charge is 0.467 e. The summed E-state index contributed by atoms with van der Waals surface area (Å²) in [6.07, 6.45) is 5.29. The van der Waals surface area contributed by atoms with Crippen LogP contribution in [0, 0.1) is 5.92 Å². The third-order valence-electron chi connectivity index (χ3n) is 5.93. The van der Waals surface area contributed by atoms with Crippen LogP contribution in [0.2, 0.25) is 0 Å². The summed E-state index contributed by atoms with van der Waals surface area (Å²) in [7, 11) is 0. The lowest BCUT2D eigenvalue weighted by Gasteiger charge is -2.46. The van der Waals surface area contributed by atoms with Crippen molar-refractivity contribution in [2.45, 2.75) is 51.2 Å². The van der Waals surface area contributed by atoms with Gasteiger partial charge in [-0.15, -0.1) is 0 Å². The Morgan fingerprint density at radius 1 is 1.33 bits per heavy atom. The standard InChI is InChI=1S/C21H30N6O3/c1-14(2)11-22-19(28)17-10-16-18(25-13-24-16)21(26-17)5-7-27(8-6-21)20(29)23-12-15-4-3-9-30-15/h3-4,9,13-14,17,26H,5-8,10-12H2,1-2H3,(H,22,28)(H,23,29)(H,24,25)/t17-/m0/s1. The Bertz CT molecular complexity index is 867. The van der Waals surface area contributed by atoms with Crippen LogP contribution in [0.5, 0.6) is 0 Å². The molecule has 2 aromatic heterocycles. The van der Waals surface area contributed by atoms with E-state index in [-0.39, 0.29) is 18.0 Å². The number of hydrogen-bond acceptors (Lipinski definition) is 5. The lowest BCUT2D eigenvalue weighted by molar-refractivity contribution is -0.124. The van der Waals surface area contributed by atoms with Crippen LogP contribution >= 0.6 is 0 Å². The second kappa shape index (κ2) is 8.51. The van der Waals surface area contributed by atoms with Crippen LogP contribution in [-0.2, 0) is 23.3 Å². The molecule has 9 heteroatoms. The van der Waals surface area contributed by atoms with Gasteiger partial charge in [-0.3, -0.25) is 10.1 Å². The van der Waals surface area contributed by atoms with Gasteiger partial charge in [0.05, 0.1) is 36.4 Å². The molecule has 2 aliphatic rings. The average Bonchev–Trinajstić information content (AvgIpc) is 3.43. The fourth-order valence-electron chi connectivity index (χ4n) is 4.29. The molecule has 30 heavy (non-hydrogen) atoms. The molecule has 162 valence electrons. The predicted octanol–water partition coefficient (Wildman–Crippen LogP) is 1.49. The number of H-pyrrole nitrogens is 1. The predicted molar refractivity (Wildman–Crippen MR) is 110 cm³/mol. The van der Waals surface area contributed by atoms with E-state index >= 15 is 0 Å². The van der Waals surface area contributed by atoms with E-state index in [1.165, 1.54) is 0 Å². The van der Waals surface area contributed by atoms with E-state index in [4.69, 9.17) is 4.42 Å². The van der Waals surface area contributed by atoms with Gasteiger partial charge in [-0.05, 0) is 30.9 Å². The van der Waals surface area contributed by atoms with E-state index in [1.54, 1.807) is 18.7 Å². The Kier molecular flexibility index (Phi) is 5.80. The van der Waals surface area contributed by atoms with E-state index in [1.807, 2.05) is 11.0 Å². The Morgan fingerprint density at radius 3 is 2.83 bits per heavy atom. The minimum atomic E-state index is -0.398. The van der Waals surface area contributed by atoms with Crippen molar-refractivity contribution >= 4 is 11.9 Å². The quantitative estimate of drug-likeness (QED) is 0.592. The monoisotopic (exact) mass is 414 g/mol. The molecule has 4 rings (SSSR count). The maximum absolute atomic E-state index is 12.7. The van der Waals surface area contributed by atoms with E-state index in [0.29, 0.717) is 51.4 Å². The fourth-order valence-corrected chi connectivity index (χ4v) is 4.29. The van der Waals surface area contributed by atoms with Crippen molar-refractivity contribution in [3.8, 4) is 0 Å². The molecule has 3 amide bonds. The highest BCUT2D eigenvalue weighted by Crippen LogP contribution is 2.37. The number of aromatic nitrogens is 2. The third kappa shape index (κ3) is 4.21. The molecule has 1 atom stereocenters. The Morgan fingerprint density at radius 2 is 2.13 bits per heavy atom. The highest BCUT2D eigenvalue weighted by molar-refractivity contribution is 5.82. The molecule has 2 aliphatic heterocycles. The first kappa shape index (κ1) is 20.5. The summed E-state index contributed by atoms with van der Waals surface area (Å²) < 4.78 is 5.27. The summed E-state index contributed by atoms with van der Waals surface area (Å²) in [5.41, 5.74) is 1.59. The Hall–Kier alpha value is -2.81. The molecule has 1 spiro atoms. The smallest absolute Gasteiger partial charge is 0.317 e.